The molecule has 2 aromatic carbocycles. The van der Waals surface area contributed by atoms with E-state index in [9.17, 15) is 14.4 Å². The Morgan fingerprint density at radius 3 is 2.07 bits per heavy atom. The molecule has 2 atom stereocenters. The van der Waals surface area contributed by atoms with Gasteiger partial charge in [-0.1, -0.05) is 42.5 Å². The number of carbonyl (C=O) groups is 3. The van der Waals surface area contributed by atoms with Gasteiger partial charge in [0.2, 0.25) is 0 Å². The molecule has 0 saturated heterocycles. The lowest BCUT2D eigenvalue weighted by molar-refractivity contribution is -0.147. The smallest absolute Gasteiger partial charge is 0.407 e. The van der Waals surface area contributed by atoms with Gasteiger partial charge < -0.3 is 19.5 Å². The summed E-state index contributed by atoms with van der Waals surface area (Å²) in [4.78, 5) is 38.2. The first-order valence-corrected chi connectivity index (χ1v) is 9.34. The van der Waals surface area contributed by atoms with Crippen molar-refractivity contribution in [1.29, 1.82) is 0 Å². The summed E-state index contributed by atoms with van der Waals surface area (Å²) in [5.74, 6) is -1.86. The van der Waals surface area contributed by atoms with E-state index < -0.39 is 29.8 Å². The van der Waals surface area contributed by atoms with E-state index in [1.54, 1.807) is 68.4 Å². The Balaban J connectivity index is 2.50. The number of esters is 1. The maximum Gasteiger partial charge on any atom is 0.407 e. The number of benzene rings is 2. The van der Waals surface area contributed by atoms with Crippen LogP contribution in [0.4, 0.5) is 4.79 Å². The highest BCUT2D eigenvalue weighted by Gasteiger charge is 2.39. The number of nitrogens with one attached hydrogen (secondary N) is 1. The number of amides is 1. The molecule has 1 N–H and O–H groups in total. The van der Waals surface area contributed by atoms with Gasteiger partial charge in [-0.3, -0.25) is 9.59 Å². The van der Waals surface area contributed by atoms with Gasteiger partial charge in [0.05, 0.1) is 26.4 Å². The zero-order valence-corrected chi connectivity index (χ0v) is 16.7. The minimum atomic E-state index is -1.28. The van der Waals surface area contributed by atoms with Gasteiger partial charge in [-0.25, -0.2) is 4.79 Å². The number of methoxy groups -OCH3 is 1. The summed E-state index contributed by atoms with van der Waals surface area (Å²) in [6, 6.07) is 14.2. The van der Waals surface area contributed by atoms with Crippen LogP contribution < -0.4 is 10.1 Å². The predicted molar refractivity (Wildman–Crippen MR) is 107 cm³/mol. The zero-order valence-electron chi connectivity index (χ0n) is 16.7. The molecule has 0 spiro atoms. The van der Waals surface area contributed by atoms with E-state index in [0.29, 0.717) is 16.9 Å². The van der Waals surface area contributed by atoms with Crippen molar-refractivity contribution >= 4 is 17.8 Å². The number of carbonyl (C=O) groups excluding carboxylic acids is 3. The van der Waals surface area contributed by atoms with E-state index in [4.69, 9.17) is 14.2 Å². The minimum Gasteiger partial charge on any atom is -0.497 e. The summed E-state index contributed by atoms with van der Waals surface area (Å²) in [6.07, 6.45) is -0.733. The van der Waals surface area contributed by atoms with Crippen LogP contribution in [0.3, 0.4) is 0 Å². The van der Waals surface area contributed by atoms with Crippen molar-refractivity contribution in [1.82, 2.24) is 5.32 Å². The fourth-order valence-electron chi connectivity index (χ4n) is 2.88. The van der Waals surface area contributed by atoms with E-state index in [-0.39, 0.29) is 13.2 Å². The van der Waals surface area contributed by atoms with Gasteiger partial charge in [0, 0.05) is 5.56 Å². The number of Topliss-reactive ketones (excluding diaryl/α,β-unsaturated/α-hetero) is 1. The molecule has 0 aromatic heterocycles. The van der Waals surface area contributed by atoms with Gasteiger partial charge in [-0.2, -0.15) is 0 Å². The zero-order chi connectivity index (χ0) is 21.2. The molecular weight excluding hydrogens is 374 g/mol. The molecule has 7 heteroatoms. The number of rotatable bonds is 9. The molecule has 0 heterocycles. The number of hydrogen-bond donors (Lipinski definition) is 1. The average molecular weight is 399 g/mol. The lowest BCUT2D eigenvalue weighted by Crippen LogP contribution is -2.41. The summed E-state index contributed by atoms with van der Waals surface area (Å²) < 4.78 is 15.3. The van der Waals surface area contributed by atoms with Crippen LogP contribution >= 0.6 is 0 Å². The van der Waals surface area contributed by atoms with E-state index in [0.717, 1.165) is 0 Å². The lowest BCUT2D eigenvalue weighted by atomic mass is 9.86. The highest BCUT2D eigenvalue weighted by atomic mass is 16.5. The van der Waals surface area contributed by atoms with Crippen LogP contribution in [0, 0.1) is 5.92 Å². The fourth-order valence-corrected chi connectivity index (χ4v) is 2.88. The molecule has 0 aliphatic carbocycles. The van der Waals surface area contributed by atoms with Crippen molar-refractivity contribution < 1.29 is 28.6 Å². The molecular formula is C22H25NO6. The van der Waals surface area contributed by atoms with E-state index >= 15 is 0 Å². The molecule has 2 rings (SSSR count). The molecule has 0 aliphatic rings. The molecule has 1 amide bonds. The van der Waals surface area contributed by atoms with Crippen LogP contribution in [0.5, 0.6) is 5.75 Å². The second kappa shape index (κ2) is 10.8. The van der Waals surface area contributed by atoms with E-state index in [1.165, 1.54) is 7.11 Å². The first-order valence-electron chi connectivity index (χ1n) is 9.34. The third-order valence-corrected chi connectivity index (χ3v) is 4.24. The quantitative estimate of drug-likeness (QED) is 0.394. The summed E-state index contributed by atoms with van der Waals surface area (Å²) in [6.45, 7) is 3.58. The van der Waals surface area contributed by atoms with Gasteiger partial charge in [0.15, 0.2) is 5.78 Å². The van der Waals surface area contributed by atoms with Gasteiger partial charge >= 0.3 is 12.1 Å². The van der Waals surface area contributed by atoms with E-state index in [2.05, 4.69) is 5.32 Å². The monoisotopic (exact) mass is 399 g/mol. The third-order valence-electron chi connectivity index (χ3n) is 4.24. The topological polar surface area (TPSA) is 90.9 Å². The minimum absolute atomic E-state index is 0.103. The molecule has 0 bridgehead atoms. The Hall–Kier alpha value is -3.35. The van der Waals surface area contributed by atoms with Gasteiger partial charge in [0.25, 0.3) is 0 Å². The number of ether oxygens (including phenoxy) is 3. The number of ketones is 1. The Morgan fingerprint density at radius 1 is 0.897 bits per heavy atom. The van der Waals surface area contributed by atoms with E-state index in [1.807, 2.05) is 0 Å². The summed E-state index contributed by atoms with van der Waals surface area (Å²) in [7, 11) is 1.53. The Morgan fingerprint density at radius 2 is 1.52 bits per heavy atom. The largest absolute Gasteiger partial charge is 0.497 e. The summed E-state index contributed by atoms with van der Waals surface area (Å²) >= 11 is 0. The maximum atomic E-state index is 13.2. The Kier molecular flexibility index (Phi) is 8.21. The lowest BCUT2D eigenvalue weighted by Gasteiger charge is -2.26. The van der Waals surface area contributed by atoms with Crippen molar-refractivity contribution in [3.63, 3.8) is 0 Å². The normalized spacial score (nSPS) is 12.4. The van der Waals surface area contributed by atoms with Crippen LogP contribution in [-0.2, 0) is 14.3 Å². The second-order valence-electron chi connectivity index (χ2n) is 6.08. The molecule has 0 aliphatic heterocycles. The molecule has 0 radical (unpaired) electrons. The van der Waals surface area contributed by atoms with Gasteiger partial charge in [-0.15, -0.1) is 0 Å². The average Bonchev–Trinajstić information content (AvgIpc) is 2.74. The first kappa shape index (κ1) is 21.9. The van der Waals surface area contributed by atoms with Crippen molar-refractivity contribution in [2.24, 2.45) is 5.92 Å². The third kappa shape index (κ3) is 5.81. The Bertz CT molecular complexity index is 819. The fraction of sp³-hybridized carbons (Fsp3) is 0.318. The van der Waals surface area contributed by atoms with Gasteiger partial charge in [-0.05, 0) is 31.5 Å². The molecule has 7 nitrogen and oxygen atoms in total. The summed E-state index contributed by atoms with van der Waals surface area (Å²) in [5, 5.41) is 2.64. The van der Waals surface area contributed by atoms with Crippen molar-refractivity contribution in [3.05, 3.63) is 65.7 Å². The van der Waals surface area contributed by atoms with Crippen molar-refractivity contribution in [2.75, 3.05) is 20.3 Å². The Labute approximate surface area is 170 Å². The molecule has 0 fully saturated rings. The highest BCUT2D eigenvalue weighted by Crippen LogP contribution is 2.28. The van der Waals surface area contributed by atoms with Crippen LogP contribution in [0.1, 0.15) is 35.8 Å². The first-order chi connectivity index (χ1) is 14.0. The van der Waals surface area contributed by atoms with Gasteiger partial charge in [0.1, 0.15) is 11.7 Å². The van der Waals surface area contributed by atoms with Crippen molar-refractivity contribution in [2.45, 2.75) is 19.9 Å². The molecule has 154 valence electrons. The molecule has 0 saturated carbocycles. The highest BCUT2D eigenvalue weighted by molar-refractivity contribution is 6.09. The molecule has 29 heavy (non-hydrogen) atoms. The maximum absolute atomic E-state index is 13.2. The molecule has 2 aromatic rings. The predicted octanol–water partition coefficient (Wildman–Crippen LogP) is 3.54. The second-order valence-corrected chi connectivity index (χ2v) is 6.08. The number of alkyl carbamates (subject to hydrolysis) is 1. The standard InChI is InChI=1S/C22H25NO6/c1-4-28-21(25)18(20(24)16-9-7-6-8-10-16)19(23-22(26)29-5-2)15-11-13-17(27-3)14-12-15/h6-14,18-19H,4-5H2,1-3H3,(H,23,26)/t18-,19+/m0/s1. The van der Waals surface area contributed by atoms with Crippen LogP contribution in [0.25, 0.3) is 0 Å². The number of hydrogen-bond acceptors (Lipinski definition) is 6. The molecule has 0 unspecified atom stereocenters. The van der Waals surface area contributed by atoms with Crippen molar-refractivity contribution in [3.8, 4) is 5.75 Å². The van der Waals surface area contributed by atoms with Crippen LogP contribution in [0.2, 0.25) is 0 Å². The SMILES string of the molecule is CCOC(=O)N[C@H](c1ccc(OC)cc1)[C@H](C(=O)OCC)C(=O)c1ccccc1. The van der Waals surface area contributed by atoms with Crippen LogP contribution in [-0.4, -0.2) is 38.2 Å². The summed E-state index contributed by atoms with van der Waals surface area (Å²) in [5.41, 5.74) is 0.885. The van der Waals surface area contributed by atoms with Crippen LogP contribution in [0.15, 0.2) is 54.6 Å².